The van der Waals surface area contributed by atoms with Crippen molar-refractivity contribution < 1.29 is 9.53 Å². The maximum absolute atomic E-state index is 12.6. The number of hydrogen-bond donors (Lipinski definition) is 1. The van der Waals surface area contributed by atoms with Crippen molar-refractivity contribution >= 4 is 5.91 Å². The fraction of sp³-hybridized carbons (Fsp3) is 0.227. The molecule has 3 aromatic rings. The second-order valence-corrected chi connectivity index (χ2v) is 6.48. The van der Waals surface area contributed by atoms with Crippen LogP contribution in [0.4, 0.5) is 0 Å². The molecule has 1 atom stereocenters. The highest BCUT2D eigenvalue weighted by molar-refractivity contribution is 5.77. The summed E-state index contributed by atoms with van der Waals surface area (Å²) in [5, 5.41) is 12.0. The zero-order valence-electron chi connectivity index (χ0n) is 15.9. The number of aryl methyl sites for hydroxylation is 2. The largest absolute Gasteiger partial charge is 0.497 e. The molecule has 28 heavy (non-hydrogen) atoms. The Kier molecular flexibility index (Phi) is 6.07. The number of aromatic nitrogens is 2. The van der Waals surface area contributed by atoms with E-state index >= 15 is 0 Å². The molecule has 1 aromatic heterocycles. The van der Waals surface area contributed by atoms with E-state index in [0.717, 1.165) is 22.7 Å². The number of ether oxygens (including phenoxy) is 1. The number of hydrogen-bond acceptors (Lipinski definition) is 4. The van der Waals surface area contributed by atoms with Crippen molar-refractivity contribution in [2.45, 2.75) is 18.9 Å². The summed E-state index contributed by atoms with van der Waals surface area (Å²) in [4.78, 5) is 17.0. The van der Waals surface area contributed by atoms with Crippen LogP contribution in [-0.2, 0) is 18.3 Å². The summed E-state index contributed by atoms with van der Waals surface area (Å²) < 4.78 is 7.12. The number of methoxy groups -OCH3 is 1. The van der Waals surface area contributed by atoms with Crippen LogP contribution in [0.1, 0.15) is 35.0 Å². The number of nitrogens with one attached hydrogen (secondary N) is 1. The molecular weight excluding hydrogens is 352 g/mol. The molecule has 1 amide bonds. The number of nitrogens with zero attached hydrogens (tertiary/aromatic N) is 3. The van der Waals surface area contributed by atoms with Crippen molar-refractivity contribution in [2.24, 2.45) is 7.05 Å². The highest BCUT2D eigenvalue weighted by Crippen LogP contribution is 2.23. The molecule has 3 rings (SSSR count). The predicted octanol–water partition coefficient (Wildman–Crippen LogP) is 3.14. The maximum Gasteiger partial charge on any atom is 0.221 e. The first-order chi connectivity index (χ1) is 13.6. The van der Waals surface area contributed by atoms with E-state index in [2.05, 4.69) is 16.4 Å². The van der Waals surface area contributed by atoms with Crippen LogP contribution < -0.4 is 10.1 Å². The highest BCUT2D eigenvalue weighted by atomic mass is 16.5. The quantitative estimate of drug-likeness (QED) is 0.689. The Hall–Kier alpha value is -3.59. The van der Waals surface area contributed by atoms with Crippen LogP contribution in [0.2, 0.25) is 0 Å². The molecule has 1 unspecified atom stereocenters. The van der Waals surface area contributed by atoms with Gasteiger partial charge in [-0.1, -0.05) is 24.3 Å². The van der Waals surface area contributed by atoms with Gasteiger partial charge in [-0.2, -0.15) is 5.26 Å². The summed E-state index contributed by atoms with van der Waals surface area (Å²) in [6, 6.07) is 16.6. The molecule has 0 radical (unpaired) electrons. The van der Waals surface area contributed by atoms with Gasteiger partial charge in [0.2, 0.25) is 5.91 Å². The number of benzene rings is 2. The van der Waals surface area contributed by atoms with Gasteiger partial charge in [-0.05, 0) is 41.8 Å². The lowest BCUT2D eigenvalue weighted by molar-refractivity contribution is -0.121. The lowest BCUT2D eigenvalue weighted by atomic mass is 10.0. The van der Waals surface area contributed by atoms with Crippen LogP contribution in [-0.4, -0.2) is 22.6 Å². The minimum atomic E-state index is -0.348. The first kappa shape index (κ1) is 19.2. The van der Waals surface area contributed by atoms with E-state index in [0.29, 0.717) is 18.4 Å². The van der Waals surface area contributed by atoms with Crippen LogP contribution >= 0.6 is 0 Å². The zero-order chi connectivity index (χ0) is 19.9. The maximum atomic E-state index is 12.6. The van der Waals surface area contributed by atoms with Crippen LogP contribution in [0.25, 0.3) is 0 Å². The van der Waals surface area contributed by atoms with Crippen LogP contribution in [0, 0.1) is 11.3 Å². The summed E-state index contributed by atoms with van der Waals surface area (Å²) in [7, 11) is 3.53. The first-order valence-electron chi connectivity index (χ1n) is 9.00. The third kappa shape index (κ3) is 4.57. The Labute approximate surface area is 164 Å². The average molecular weight is 374 g/mol. The fourth-order valence-corrected chi connectivity index (χ4v) is 2.99. The van der Waals surface area contributed by atoms with Gasteiger partial charge in [0, 0.05) is 25.9 Å². The van der Waals surface area contributed by atoms with Crippen LogP contribution in [0.3, 0.4) is 0 Å². The molecule has 0 saturated carbocycles. The Morgan fingerprint density at radius 3 is 2.50 bits per heavy atom. The van der Waals surface area contributed by atoms with Gasteiger partial charge in [0.15, 0.2) is 0 Å². The zero-order valence-corrected chi connectivity index (χ0v) is 15.9. The van der Waals surface area contributed by atoms with Crippen molar-refractivity contribution in [3.63, 3.8) is 0 Å². The van der Waals surface area contributed by atoms with Crippen molar-refractivity contribution in [2.75, 3.05) is 7.11 Å². The summed E-state index contributed by atoms with van der Waals surface area (Å²) in [6.07, 6.45) is 4.53. The lowest BCUT2D eigenvalue weighted by Gasteiger charge is -2.19. The minimum Gasteiger partial charge on any atom is -0.497 e. The summed E-state index contributed by atoms with van der Waals surface area (Å²) in [5.41, 5.74) is 2.57. The van der Waals surface area contributed by atoms with Gasteiger partial charge in [-0.25, -0.2) is 4.98 Å². The number of imidazole rings is 1. The van der Waals surface area contributed by atoms with E-state index < -0.39 is 0 Å². The summed E-state index contributed by atoms with van der Waals surface area (Å²) in [6.45, 7) is 0. The molecule has 0 aliphatic rings. The number of nitriles is 1. The van der Waals surface area contributed by atoms with E-state index in [1.54, 1.807) is 25.4 Å². The van der Waals surface area contributed by atoms with Crippen molar-refractivity contribution in [3.8, 4) is 11.8 Å². The summed E-state index contributed by atoms with van der Waals surface area (Å²) >= 11 is 0. The van der Waals surface area contributed by atoms with E-state index in [4.69, 9.17) is 10.00 Å². The molecule has 1 heterocycles. The van der Waals surface area contributed by atoms with E-state index in [1.165, 1.54) is 0 Å². The summed E-state index contributed by atoms with van der Waals surface area (Å²) in [5.74, 6) is 1.46. The van der Waals surface area contributed by atoms with Crippen molar-refractivity contribution in [1.29, 1.82) is 5.26 Å². The molecule has 0 aliphatic heterocycles. The van der Waals surface area contributed by atoms with Crippen LogP contribution in [0.5, 0.6) is 5.75 Å². The molecule has 2 aromatic carbocycles. The molecule has 0 aliphatic carbocycles. The number of amides is 1. The molecule has 0 bridgehead atoms. The van der Waals surface area contributed by atoms with Crippen LogP contribution in [0.15, 0.2) is 60.9 Å². The standard InChI is InChI=1S/C22H22N4O2/c1-26-14-13-24-22(26)21(18-8-10-19(28-2)11-9-18)25-20(27)12-7-16-3-5-17(15-23)6-4-16/h3-6,8-11,13-14,21H,7,12H2,1-2H3,(H,25,27). The minimum absolute atomic E-state index is 0.0619. The van der Waals surface area contributed by atoms with E-state index in [1.807, 2.05) is 54.2 Å². The Balaban J connectivity index is 1.72. The topological polar surface area (TPSA) is 79.9 Å². The van der Waals surface area contributed by atoms with Gasteiger partial charge in [0.25, 0.3) is 0 Å². The highest BCUT2D eigenvalue weighted by Gasteiger charge is 2.20. The van der Waals surface area contributed by atoms with Gasteiger partial charge in [0.05, 0.1) is 18.7 Å². The average Bonchev–Trinajstić information content (AvgIpc) is 3.16. The molecule has 6 nitrogen and oxygen atoms in total. The van der Waals surface area contributed by atoms with Gasteiger partial charge in [-0.3, -0.25) is 4.79 Å². The second kappa shape index (κ2) is 8.87. The third-order valence-corrected chi connectivity index (χ3v) is 4.59. The first-order valence-corrected chi connectivity index (χ1v) is 9.00. The molecule has 0 spiro atoms. The lowest BCUT2D eigenvalue weighted by Crippen LogP contribution is -2.31. The SMILES string of the molecule is COc1ccc(C(NC(=O)CCc2ccc(C#N)cc2)c2nccn2C)cc1. The second-order valence-electron chi connectivity index (χ2n) is 6.48. The molecular formula is C22H22N4O2. The van der Waals surface area contributed by atoms with Crippen molar-refractivity contribution in [3.05, 3.63) is 83.4 Å². The number of rotatable bonds is 7. The van der Waals surface area contributed by atoms with Gasteiger partial charge >= 0.3 is 0 Å². The Morgan fingerprint density at radius 2 is 1.93 bits per heavy atom. The molecule has 0 fully saturated rings. The fourth-order valence-electron chi connectivity index (χ4n) is 2.99. The van der Waals surface area contributed by atoms with Gasteiger partial charge in [0.1, 0.15) is 17.6 Å². The molecule has 142 valence electrons. The normalized spacial score (nSPS) is 11.5. The number of carbonyl (C=O) groups excluding carboxylic acids is 1. The van der Waals surface area contributed by atoms with Crippen molar-refractivity contribution in [1.82, 2.24) is 14.9 Å². The molecule has 0 saturated heterocycles. The van der Waals surface area contributed by atoms with E-state index in [9.17, 15) is 4.79 Å². The molecule has 6 heteroatoms. The third-order valence-electron chi connectivity index (χ3n) is 4.59. The Bertz CT molecular complexity index is 969. The van der Waals surface area contributed by atoms with E-state index in [-0.39, 0.29) is 11.9 Å². The monoisotopic (exact) mass is 374 g/mol. The van der Waals surface area contributed by atoms with Gasteiger partial charge in [-0.15, -0.1) is 0 Å². The Morgan fingerprint density at radius 1 is 1.21 bits per heavy atom. The number of carbonyl (C=O) groups is 1. The van der Waals surface area contributed by atoms with Gasteiger partial charge < -0.3 is 14.6 Å². The predicted molar refractivity (Wildman–Crippen MR) is 106 cm³/mol. The smallest absolute Gasteiger partial charge is 0.221 e. The molecule has 1 N–H and O–H groups in total.